The second kappa shape index (κ2) is 7.12. The molecular formula is C21H23FN4O. The summed E-state index contributed by atoms with van der Waals surface area (Å²) in [6.45, 7) is 4.98. The fourth-order valence-corrected chi connectivity index (χ4v) is 3.82. The summed E-state index contributed by atoms with van der Waals surface area (Å²) in [5.74, 6) is -0.289. The number of imidazole rings is 1. The van der Waals surface area contributed by atoms with E-state index in [1.54, 1.807) is 17.9 Å². The highest BCUT2D eigenvalue weighted by Crippen LogP contribution is 2.34. The lowest BCUT2D eigenvalue weighted by Gasteiger charge is -2.34. The van der Waals surface area contributed by atoms with Gasteiger partial charge in [0, 0.05) is 50.6 Å². The van der Waals surface area contributed by atoms with Crippen molar-refractivity contribution >= 4 is 17.2 Å². The molecule has 0 radical (unpaired) electrons. The maximum atomic E-state index is 13.8. The Morgan fingerprint density at radius 1 is 1.37 bits per heavy atom. The molecule has 1 atom stereocenters. The molecule has 1 aromatic carbocycles. The average molecular weight is 366 g/mol. The third-order valence-corrected chi connectivity index (χ3v) is 5.18. The summed E-state index contributed by atoms with van der Waals surface area (Å²) >= 11 is 0. The fraction of sp³-hybridized carbons (Fsp3) is 0.333. The first kappa shape index (κ1) is 17.7. The van der Waals surface area contributed by atoms with Crippen LogP contribution in [-0.4, -0.2) is 28.4 Å². The van der Waals surface area contributed by atoms with Gasteiger partial charge in [-0.05, 0) is 48.7 Å². The predicted octanol–water partition coefficient (Wildman–Crippen LogP) is 3.41. The van der Waals surface area contributed by atoms with Crippen LogP contribution in [0.15, 0.2) is 42.7 Å². The van der Waals surface area contributed by atoms with E-state index in [9.17, 15) is 9.18 Å². The summed E-state index contributed by atoms with van der Waals surface area (Å²) in [6, 6.07) is 8.75. The zero-order valence-electron chi connectivity index (χ0n) is 15.6. The Morgan fingerprint density at radius 2 is 2.22 bits per heavy atom. The average Bonchev–Trinajstić information content (AvgIpc) is 3.06. The van der Waals surface area contributed by atoms with Crippen LogP contribution in [0, 0.1) is 12.7 Å². The molecule has 3 aromatic rings. The van der Waals surface area contributed by atoms with Gasteiger partial charge in [-0.3, -0.25) is 4.79 Å². The molecule has 2 aromatic heterocycles. The van der Waals surface area contributed by atoms with E-state index in [2.05, 4.69) is 24.5 Å². The first-order valence-electron chi connectivity index (χ1n) is 9.27. The SMILES string of the molecule is CC(=O)N1CCC(NCCc2cn3cccc(C)c3n2)c2cc(F)ccc21. The number of nitrogens with zero attached hydrogens (tertiary/aromatic N) is 3. The first-order valence-corrected chi connectivity index (χ1v) is 9.27. The summed E-state index contributed by atoms with van der Waals surface area (Å²) < 4.78 is 15.8. The van der Waals surface area contributed by atoms with Crippen molar-refractivity contribution in [3.63, 3.8) is 0 Å². The Bertz CT molecular complexity index is 997. The maximum absolute atomic E-state index is 13.8. The van der Waals surface area contributed by atoms with Crippen LogP contribution < -0.4 is 10.2 Å². The molecule has 1 aliphatic heterocycles. The van der Waals surface area contributed by atoms with Crippen LogP contribution in [0.4, 0.5) is 10.1 Å². The number of hydrogen-bond acceptors (Lipinski definition) is 3. The number of carbonyl (C=O) groups excluding carboxylic acids is 1. The standard InChI is InChI=1S/C21H23FN4O/c1-14-4-3-10-25-13-17(24-21(14)25)7-9-23-19-8-11-26(15(2)27)20-6-5-16(22)12-18(19)20/h3-6,10,12-13,19,23H,7-9,11H2,1-2H3. The molecule has 0 fully saturated rings. The summed E-state index contributed by atoms with van der Waals surface area (Å²) in [5, 5.41) is 3.52. The smallest absolute Gasteiger partial charge is 0.223 e. The third kappa shape index (κ3) is 3.45. The van der Waals surface area contributed by atoms with Gasteiger partial charge in [-0.2, -0.15) is 0 Å². The van der Waals surface area contributed by atoms with Gasteiger partial charge in [-0.25, -0.2) is 9.37 Å². The third-order valence-electron chi connectivity index (χ3n) is 5.18. The van der Waals surface area contributed by atoms with Crippen LogP contribution >= 0.6 is 0 Å². The zero-order chi connectivity index (χ0) is 19.0. The highest BCUT2D eigenvalue weighted by atomic mass is 19.1. The number of rotatable bonds is 4. The molecule has 1 aliphatic rings. The number of aromatic nitrogens is 2. The summed E-state index contributed by atoms with van der Waals surface area (Å²) in [4.78, 5) is 18.3. The number of nitrogens with one attached hydrogen (secondary N) is 1. The number of pyridine rings is 1. The van der Waals surface area contributed by atoms with Crippen molar-refractivity contribution in [2.24, 2.45) is 0 Å². The minimum absolute atomic E-state index is 0.0126. The van der Waals surface area contributed by atoms with E-state index in [1.807, 2.05) is 16.7 Å². The van der Waals surface area contributed by atoms with Crippen molar-refractivity contribution in [2.45, 2.75) is 32.7 Å². The minimum atomic E-state index is -0.276. The van der Waals surface area contributed by atoms with Gasteiger partial charge in [0.1, 0.15) is 11.5 Å². The maximum Gasteiger partial charge on any atom is 0.223 e. The van der Waals surface area contributed by atoms with E-state index < -0.39 is 0 Å². The molecule has 1 unspecified atom stereocenters. The van der Waals surface area contributed by atoms with E-state index >= 15 is 0 Å². The highest BCUT2D eigenvalue weighted by Gasteiger charge is 2.27. The van der Waals surface area contributed by atoms with Gasteiger partial charge in [0.15, 0.2) is 0 Å². The van der Waals surface area contributed by atoms with Crippen molar-refractivity contribution in [1.29, 1.82) is 0 Å². The molecule has 0 spiro atoms. The molecule has 6 heteroatoms. The van der Waals surface area contributed by atoms with Gasteiger partial charge in [-0.15, -0.1) is 0 Å². The van der Waals surface area contributed by atoms with Gasteiger partial charge < -0.3 is 14.6 Å². The first-order chi connectivity index (χ1) is 13.0. The minimum Gasteiger partial charge on any atom is -0.312 e. The fourth-order valence-electron chi connectivity index (χ4n) is 3.82. The van der Waals surface area contributed by atoms with Crippen molar-refractivity contribution < 1.29 is 9.18 Å². The van der Waals surface area contributed by atoms with Crippen molar-refractivity contribution in [3.05, 3.63) is 65.4 Å². The van der Waals surface area contributed by atoms with Crippen LogP contribution in [0.1, 0.15) is 36.2 Å². The summed E-state index contributed by atoms with van der Waals surface area (Å²) in [6.07, 6.45) is 5.61. The predicted molar refractivity (Wildman–Crippen MR) is 103 cm³/mol. The Labute approximate surface area is 157 Å². The quantitative estimate of drug-likeness (QED) is 0.770. The van der Waals surface area contributed by atoms with E-state index in [1.165, 1.54) is 12.1 Å². The molecule has 1 amide bonds. The van der Waals surface area contributed by atoms with Crippen LogP contribution in [-0.2, 0) is 11.2 Å². The molecule has 27 heavy (non-hydrogen) atoms. The van der Waals surface area contributed by atoms with Crippen LogP contribution in [0.5, 0.6) is 0 Å². The topological polar surface area (TPSA) is 49.6 Å². The van der Waals surface area contributed by atoms with E-state index in [4.69, 9.17) is 4.98 Å². The number of fused-ring (bicyclic) bond motifs is 2. The van der Waals surface area contributed by atoms with E-state index in [-0.39, 0.29) is 17.8 Å². The molecule has 0 aliphatic carbocycles. The Hall–Kier alpha value is -2.73. The molecule has 4 rings (SSSR count). The van der Waals surface area contributed by atoms with Gasteiger partial charge in [0.2, 0.25) is 5.91 Å². The molecule has 0 saturated heterocycles. The lowest BCUT2D eigenvalue weighted by Crippen LogP contribution is -2.39. The van der Waals surface area contributed by atoms with Gasteiger partial charge >= 0.3 is 0 Å². The van der Waals surface area contributed by atoms with E-state index in [0.717, 1.165) is 47.5 Å². The molecule has 0 bridgehead atoms. The Balaban J connectivity index is 1.48. The number of benzene rings is 1. The second-order valence-corrected chi connectivity index (χ2v) is 7.07. The molecule has 5 nitrogen and oxygen atoms in total. The van der Waals surface area contributed by atoms with E-state index in [0.29, 0.717) is 6.54 Å². The van der Waals surface area contributed by atoms with Crippen LogP contribution in [0.2, 0.25) is 0 Å². The molecule has 3 heterocycles. The zero-order valence-corrected chi connectivity index (χ0v) is 15.6. The number of anilines is 1. The molecule has 1 N–H and O–H groups in total. The lowest BCUT2D eigenvalue weighted by molar-refractivity contribution is -0.116. The number of hydrogen-bond donors (Lipinski definition) is 1. The molecule has 0 saturated carbocycles. The monoisotopic (exact) mass is 366 g/mol. The van der Waals surface area contributed by atoms with Gasteiger partial charge in [0.05, 0.1) is 5.69 Å². The molecule has 140 valence electrons. The van der Waals surface area contributed by atoms with Gasteiger partial charge in [-0.1, -0.05) is 6.07 Å². The van der Waals surface area contributed by atoms with Crippen molar-refractivity contribution in [2.75, 3.05) is 18.0 Å². The lowest BCUT2D eigenvalue weighted by atomic mass is 9.96. The van der Waals surface area contributed by atoms with Crippen molar-refractivity contribution in [3.8, 4) is 0 Å². The van der Waals surface area contributed by atoms with Crippen LogP contribution in [0.3, 0.4) is 0 Å². The summed E-state index contributed by atoms with van der Waals surface area (Å²) in [5.41, 5.74) is 4.81. The van der Waals surface area contributed by atoms with Crippen molar-refractivity contribution in [1.82, 2.24) is 14.7 Å². The second-order valence-electron chi connectivity index (χ2n) is 7.07. The van der Waals surface area contributed by atoms with Gasteiger partial charge in [0.25, 0.3) is 0 Å². The number of halogens is 1. The molecular weight excluding hydrogens is 343 g/mol. The highest BCUT2D eigenvalue weighted by molar-refractivity contribution is 5.93. The number of amides is 1. The summed E-state index contributed by atoms with van der Waals surface area (Å²) in [7, 11) is 0. The Morgan fingerprint density at radius 3 is 3.00 bits per heavy atom. The number of aryl methyl sites for hydroxylation is 1. The normalized spacial score (nSPS) is 16.6. The number of carbonyl (C=O) groups is 1. The Kier molecular flexibility index (Phi) is 4.66. The van der Waals surface area contributed by atoms with Crippen LogP contribution in [0.25, 0.3) is 5.65 Å². The largest absolute Gasteiger partial charge is 0.312 e.